The van der Waals surface area contributed by atoms with Gasteiger partial charge < -0.3 is 10.5 Å². The van der Waals surface area contributed by atoms with Crippen molar-refractivity contribution in [1.29, 1.82) is 0 Å². The minimum absolute atomic E-state index is 0.411. The van der Waals surface area contributed by atoms with Gasteiger partial charge in [-0.25, -0.2) is 0 Å². The highest BCUT2D eigenvalue weighted by Gasteiger charge is 2.14. The summed E-state index contributed by atoms with van der Waals surface area (Å²) in [6.07, 6.45) is 2.58. The molecule has 0 bridgehead atoms. The molecule has 1 aliphatic heterocycles. The topological polar surface area (TPSA) is 55.6 Å². The molecule has 0 atom stereocenters. The lowest BCUT2D eigenvalue weighted by molar-refractivity contribution is 0.100. The third-order valence-electron chi connectivity index (χ3n) is 4.35. The van der Waals surface area contributed by atoms with Crippen LogP contribution >= 0.6 is 0 Å². The Labute approximate surface area is 136 Å². The summed E-state index contributed by atoms with van der Waals surface area (Å²) in [6, 6.07) is 13.7. The minimum Gasteiger partial charge on any atom is -0.496 e. The monoisotopic (exact) mass is 310 g/mol. The zero-order valence-electron chi connectivity index (χ0n) is 13.4. The van der Waals surface area contributed by atoms with E-state index in [0.717, 1.165) is 23.4 Å². The number of likely N-dealkylation sites (tertiary alicyclic amines) is 1. The SMILES string of the molecule is COc1ccc(CN2CCCC2)cc1-c1ccc(C(N)=O)cc1. The first-order valence-corrected chi connectivity index (χ1v) is 7.97. The van der Waals surface area contributed by atoms with Gasteiger partial charge in [-0.05, 0) is 61.3 Å². The van der Waals surface area contributed by atoms with Crippen LogP contribution in [0.15, 0.2) is 42.5 Å². The van der Waals surface area contributed by atoms with Gasteiger partial charge >= 0.3 is 0 Å². The molecule has 1 heterocycles. The van der Waals surface area contributed by atoms with Gasteiger partial charge in [0.2, 0.25) is 5.91 Å². The normalized spacial score (nSPS) is 14.8. The summed E-state index contributed by atoms with van der Waals surface area (Å²) >= 11 is 0. The van der Waals surface area contributed by atoms with E-state index >= 15 is 0 Å². The van der Waals surface area contributed by atoms with Crippen LogP contribution in [-0.2, 0) is 6.54 Å². The molecule has 4 heteroatoms. The van der Waals surface area contributed by atoms with Crippen LogP contribution in [0.25, 0.3) is 11.1 Å². The highest BCUT2D eigenvalue weighted by atomic mass is 16.5. The van der Waals surface area contributed by atoms with Gasteiger partial charge in [0, 0.05) is 17.7 Å². The van der Waals surface area contributed by atoms with Crippen molar-refractivity contribution in [3.8, 4) is 16.9 Å². The Kier molecular flexibility index (Phi) is 4.63. The molecule has 2 N–H and O–H groups in total. The number of methoxy groups -OCH3 is 1. The first kappa shape index (κ1) is 15.6. The Morgan fingerprint density at radius 1 is 1.13 bits per heavy atom. The molecular formula is C19H22N2O2. The summed E-state index contributed by atoms with van der Waals surface area (Å²) in [7, 11) is 1.68. The quantitative estimate of drug-likeness (QED) is 0.923. The van der Waals surface area contributed by atoms with E-state index in [9.17, 15) is 4.79 Å². The highest BCUT2D eigenvalue weighted by molar-refractivity contribution is 5.93. The molecule has 0 spiro atoms. The lowest BCUT2D eigenvalue weighted by Gasteiger charge is -2.17. The van der Waals surface area contributed by atoms with Crippen LogP contribution in [0, 0.1) is 0 Å². The first-order chi connectivity index (χ1) is 11.2. The molecule has 1 saturated heterocycles. The number of primary amides is 1. The van der Waals surface area contributed by atoms with Crippen molar-refractivity contribution in [1.82, 2.24) is 4.90 Å². The van der Waals surface area contributed by atoms with Crippen LogP contribution < -0.4 is 10.5 Å². The summed E-state index contributed by atoms with van der Waals surface area (Å²) in [4.78, 5) is 13.7. The number of nitrogens with zero attached hydrogens (tertiary/aromatic N) is 1. The van der Waals surface area contributed by atoms with Crippen LogP contribution in [0.1, 0.15) is 28.8 Å². The van der Waals surface area contributed by atoms with Gasteiger partial charge in [-0.2, -0.15) is 0 Å². The maximum absolute atomic E-state index is 11.2. The highest BCUT2D eigenvalue weighted by Crippen LogP contribution is 2.31. The van der Waals surface area contributed by atoms with Crippen molar-refractivity contribution in [2.45, 2.75) is 19.4 Å². The number of hydrogen-bond donors (Lipinski definition) is 1. The fourth-order valence-corrected chi connectivity index (χ4v) is 3.09. The number of hydrogen-bond acceptors (Lipinski definition) is 3. The number of amides is 1. The Morgan fingerprint density at radius 2 is 1.83 bits per heavy atom. The summed E-state index contributed by atoms with van der Waals surface area (Å²) in [6.45, 7) is 3.32. The van der Waals surface area contributed by atoms with Gasteiger partial charge in [-0.15, -0.1) is 0 Å². The van der Waals surface area contributed by atoms with Crippen molar-refractivity contribution in [2.75, 3.05) is 20.2 Å². The second-order valence-electron chi connectivity index (χ2n) is 5.96. The number of carbonyl (C=O) groups excluding carboxylic acids is 1. The molecule has 120 valence electrons. The van der Waals surface area contributed by atoms with Crippen LogP contribution in [0.4, 0.5) is 0 Å². The van der Waals surface area contributed by atoms with E-state index in [1.807, 2.05) is 18.2 Å². The van der Waals surface area contributed by atoms with Crippen LogP contribution in [0.2, 0.25) is 0 Å². The maximum atomic E-state index is 11.2. The zero-order valence-corrected chi connectivity index (χ0v) is 13.4. The molecule has 0 unspecified atom stereocenters. The lowest BCUT2D eigenvalue weighted by Crippen LogP contribution is -2.18. The summed E-state index contributed by atoms with van der Waals surface area (Å²) < 4.78 is 5.50. The molecule has 0 saturated carbocycles. The number of ether oxygens (including phenoxy) is 1. The largest absolute Gasteiger partial charge is 0.496 e. The minimum atomic E-state index is -0.411. The van der Waals surface area contributed by atoms with Crippen molar-refractivity contribution >= 4 is 5.91 Å². The van der Waals surface area contributed by atoms with Gasteiger partial charge in [-0.1, -0.05) is 18.2 Å². The molecule has 2 aromatic rings. The molecule has 0 radical (unpaired) electrons. The number of rotatable bonds is 5. The maximum Gasteiger partial charge on any atom is 0.248 e. The number of benzene rings is 2. The predicted molar refractivity (Wildman–Crippen MR) is 91.5 cm³/mol. The molecule has 2 aromatic carbocycles. The van der Waals surface area contributed by atoms with Crippen molar-refractivity contribution < 1.29 is 9.53 Å². The third kappa shape index (κ3) is 3.54. The van der Waals surface area contributed by atoms with E-state index < -0.39 is 5.91 Å². The first-order valence-electron chi connectivity index (χ1n) is 7.97. The fourth-order valence-electron chi connectivity index (χ4n) is 3.09. The van der Waals surface area contributed by atoms with Crippen LogP contribution in [0.5, 0.6) is 5.75 Å². The van der Waals surface area contributed by atoms with Crippen molar-refractivity contribution in [3.05, 3.63) is 53.6 Å². The molecule has 1 fully saturated rings. The van der Waals surface area contributed by atoms with Gasteiger partial charge in [-0.3, -0.25) is 9.69 Å². The molecule has 1 amide bonds. The Morgan fingerprint density at radius 3 is 2.43 bits per heavy atom. The predicted octanol–water partition coefficient (Wildman–Crippen LogP) is 3.06. The standard InChI is InChI=1S/C19H22N2O2/c1-23-18-9-4-14(13-21-10-2-3-11-21)12-17(18)15-5-7-16(8-6-15)19(20)22/h4-9,12H,2-3,10-11,13H2,1H3,(H2,20,22). The fraction of sp³-hybridized carbons (Fsp3) is 0.316. The number of nitrogens with two attached hydrogens (primary N) is 1. The van der Waals surface area contributed by atoms with E-state index in [1.165, 1.54) is 31.5 Å². The van der Waals surface area contributed by atoms with Gasteiger partial charge in [0.15, 0.2) is 0 Å². The average molecular weight is 310 g/mol. The Balaban J connectivity index is 1.90. The van der Waals surface area contributed by atoms with E-state index in [-0.39, 0.29) is 0 Å². The smallest absolute Gasteiger partial charge is 0.248 e. The van der Waals surface area contributed by atoms with Crippen molar-refractivity contribution in [3.63, 3.8) is 0 Å². The van der Waals surface area contributed by atoms with Crippen LogP contribution in [0.3, 0.4) is 0 Å². The van der Waals surface area contributed by atoms with Gasteiger partial charge in [0.1, 0.15) is 5.75 Å². The van der Waals surface area contributed by atoms with E-state index in [0.29, 0.717) is 5.56 Å². The van der Waals surface area contributed by atoms with Gasteiger partial charge in [0.25, 0.3) is 0 Å². The van der Waals surface area contributed by atoms with E-state index in [2.05, 4.69) is 17.0 Å². The van der Waals surface area contributed by atoms with Gasteiger partial charge in [0.05, 0.1) is 7.11 Å². The average Bonchev–Trinajstić information content (AvgIpc) is 3.08. The molecule has 4 nitrogen and oxygen atoms in total. The molecule has 0 aliphatic carbocycles. The third-order valence-corrected chi connectivity index (χ3v) is 4.35. The van der Waals surface area contributed by atoms with Crippen LogP contribution in [-0.4, -0.2) is 31.0 Å². The Hall–Kier alpha value is -2.33. The van der Waals surface area contributed by atoms with E-state index in [4.69, 9.17) is 10.5 Å². The summed E-state index contributed by atoms with van der Waals surface area (Å²) in [5.74, 6) is 0.424. The molecule has 23 heavy (non-hydrogen) atoms. The second kappa shape index (κ2) is 6.84. The second-order valence-corrected chi connectivity index (χ2v) is 5.96. The number of carbonyl (C=O) groups is 1. The van der Waals surface area contributed by atoms with E-state index in [1.54, 1.807) is 19.2 Å². The Bertz CT molecular complexity index is 689. The molecule has 0 aromatic heterocycles. The summed E-state index contributed by atoms with van der Waals surface area (Å²) in [5.41, 5.74) is 9.16. The molecular weight excluding hydrogens is 288 g/mol. The molecule has 3 rings (SSSR count). The summed E-state index contributed by atoms with van der Waals surface area (Å²) in [5, 5.41) is 0. The zero-order chi connectivity index (χ0) is 16.2. The molecule has 1 aliphatic rings. The van der Waals surface area contributed by atoms with Crippen molar-refractivity contribution in [2.24, 2.45) is 5.73 Å². The lowest BCUT2D eigenvalue weighted by atomic mass is 10.00.